The minimum Gasteiger partial charge on any atom is -0.298 e. The van der Waals surface area contributed by atoms with Crippen molar-refractivity contribution in [1.29, 1.82) is 0 Å². The highest BCUT2D eigenvalue weighted by molar-refractivity contribution is 7.89. The molecule has 6 nitrogen and oxygen atoms in total. The van der Waals surface area contributed by atoms with Crippen LogP contribution in [0, 0.1) is 23.5 Å². The smallest absolute Gasteiger partial charge is 0.257 e. The van der Waals surface area contributed by atoms with Gasteiger partial charge in [0.1, 0.15) is 11.6 Å². The predicted molar refractivity (Wildman–Crippen MR) is 130 cm³/mol. The lowest BCUT2D eigenvalue weighted by molar-refractivity contribution is 0.102. The van der Waals surface area contributed by atoms with Gasteiger partial charge in [-0.2, -0.15) is 4.31 Å². The molecule has 1 heterocycles. The van der Waals surface area contributed by atoms with Gasteiger partial charge in [0, 0.05) is 35.7 Å². The molecule has 0 fully saturated rings. The molecule has 2 aromatic carbocycles. The molecule has 3 rings (SSSR count). The van der Waals surface area contributed by atoms with E-state index in [4.69, 9.17) is 0 Å². The van der Waals surface area contributed by atoms with Crippen LogP contribution < -0.4 is 5.32 Å². The largest absolute Gasteiger partial charge is 0.298 e. The number of nitrogens with zero attached hydrogens (tertiary/aromatic N) is 2. The first-order valence-corrected chi connectivity index (χ1v) is 13.1. The Kier molecular flexibility index (Phi) is 8.17. The molecule has 0 atom stereocenters. The molecule has 0 aliphatic carbocycles. The van der Waals surface area contributed by atoms with Gasteiger partial charge in [-0.15, -0.1) is 11.3 Å². The average Bonchev–Trinajstić information content (AvgIpc) is 3.20. The lowest BCUT2D eigenvalue weighted by atomic mass is 10.1. The van der Waals surface area contributed by atoms with Crippen molar-refractivity contribution in [3.8, 4) is 11.3 Å². The number of hydrogen-bond acceptors (Lipinski definition) is 5. The van der Waals surface area contributed by atoms with Crippen molar-refractivity contribution < 1.29 is 22.0 Å². The van der Waals surface area contributed by atoms with E-state index in [0.29, 0.717) is 13.1 Å². The molecule has 182 valence electrons. The zero-order valence-electron chi connectivity index (χ0n) is 19.4. The van der Waals surface area contributed by atoms with E-state index in [1.807, 2.05) is 27.7 Å². The Hall–Kier alpha value is -2.69. The maximum Gasteiger partial charge on any atom is 0.257 e. The quantitative estimate of drug-likeness (QED) is 0.406. The van der Waals surface area contributed by atoms with E-state index in [-0.39, 0.29) is 38.7 Å². The van der Waals surface area contributed by atoms with E-state index in [2.05, 4.69) is 10.3 Å². The SMILES string of the molecule is CC(C)CN(CC(C)C)S(=O)(=O)c1ccc(C(=O)Nc2nc(-c3ccc(F)cc3F)cs2)cc1. The van der Waals surface area contributed by atoms with E-state index >= 15 is 0 Å². The number of anilines is 1. The summed E-state index contributed by atoms with van der Waals surface area (Å²) in [5, 5.41) is 4.42. The van der Waals surface area contributed by atoms with E-state index in [0.717, 1.165) is 23.5 Å². The van der Waals surface area contributed by atoms with Crippen LogP contribution in [0.4, 0.5) is 13.9 Å². The van der Waals surface area contributed by atoms with Crippen molar-refractivity contribution in [1.82, 2.24) is 9.29 Å². The summed E-state index contributed by atoms with van der Waals surface area (Å²) < 4.78 is 54.8. The molecule has 1 amide bonds. The van der Waals surface area contributed by atoms with Gasteiger partial charge in [-0.25, -0.2) is 22.2 Å². The van der Waals surface area contributed by atoms with Crippen LogP contribution in [0.5, 0.6) is 0 Å². The van der Waals surface area contributed by atoms with Gasteiger partial charge in [-0.1, -0.05) is 27.7 Å². The predicted octanol–water partition coefficient (Wildman–Crippen LogP) is 5.64. The summed E-state index contributed by atoms with van der Waals surface area (Å²) in [5.74, 6) is -1.57. The Morgan fingerprint density at radius 2 is 1.65 bits per heavy atom. The summed E-state index contributed by atoms with van der Waals surface area (Å²) >= 11 is 1.10. The van der Waals surface area contributed by atoms with Crippen molar-refractivity contribution in [3.63, 3.8) is 0 Å². The summed E-state index contributed by atoms with van der Waals surface area (Å²) in [5.41, 5.74) is 0.651. The molecule has 1 N–H and O–H groups in total. The summed E-state index contributed by atoms with van der Waals surface area (Å²) in [6.45, 7) is 8.67. The second-order valence-corrected chi connectivity index (χ2v) is 11.5. The standard InChI is InChI=1S/C24H27F2N3O3S2/c1-15(2)12-29(13-16(3)4)34(31,32)19-8-5-17(6-9-19)23(30)28-24-27-22(14-33-24)20-10-7-18(25)11-21(20)26/h5-11,14-16H,12-13H2,1-4H3,(H,27,28,30). The third kappa shape index (κ3) is 6.25. The number of thiazole rings is 1. The molecular weight excluding hydrogens is 480 g/mol. The van der Waals surface area contributed by atoms with Crippen LogP contribution in [0.3, 0.4) is 0 Å². The number of benzene rings is 2. The first kappa shape index (κ1) is 25.9. The fraction of sp³-hybridized carbons (Fsp3) is 0.333. The normalized spacial score (nSPS) is 12.0. The highest BCUT2D eigenvalue weighted by Gasteiger charge is 2.26. The van der Waals surface area contributed by atoms with Gasteiger partial charge in [-0.3, -0.25) is 10.1 Å². The first-order valence-electron chi connectivity index (χ1n) is 10.8. The molecule has 0 saturated carbocycles. The van der Waals surface area contributed by atoms with E-state index < -0.39 is 27.6 Å². The summed E-state index contributed by atoms with van der Waals surface area (Å²) in [6, 6.07) is 8.91. The average molecular weight is 508 g/mol. The fourth-order valence-corrected chi connectivity index (χ4v) is 5.81. The number of nitrogens with one attached hydrogen (secondary N) is 1. The molecule has 0 unspecified atom stereocenters. The summed E-state index contributed by atoms with van der Waals surface area (Å²) in [4.78, 5) is 16.9. The maximum absolute atomic E-state index is 14.0. The molecule has 0 saturated heterocycles. The van der Waals surface area contributed by atoms with Gasteiger partial charge < -0.3 is 0 Å². The van der Waals surface area contributed by atoms with Gasteiger partial charge in [0.2, 0.25) is 10.0 Å². The second kappa shape index (κ2) is 10.7. The van der Waals surface area contributed by atoms with Crippen LogP contribution in [0.2, 0.25) is 0 Å². The summed E-state index contributed by atoms with van der Waals surface area (Å²) in [6.07, 6.45) is 0. The highest BCUT2D eigenvalue weighted by atomic mass is 32.2. The number of carbonyl (C=O) groups excluding carboxylic acids is 1. The van der Waals surface area contributed by atoms with Crippen molar-refractivity contribution in [2.45, 2.75) is 32.6 Å². The van der Waals surface area contributed by atoms with E-state index in [1.54, 1.807) is 5.38 Å². The van der Waals surface area contributed by atoms with Crippen molar-refractivity contribution in [3.05, 3.63) is 65.0 Å². The Morgan fingerprint density at radius 1 is 1.03 bits per heavy atom. The summed E-state index contributed by atoms with van der Waals surface area (Å²) in [7, 11) is -3.70. The van der Waals surface area contributed by atoms with Crippen molar-refractivity contribution in [2.24, 2.45) is 11.8 Å². The fourth-order valence-electron chi connectivity index (χ4n) is 3.33. The number of hydrogen-bond donors (Lipinski definition) is 1. The zero-order valence-corrected chi connectivity index (χ0v) is 21.0. The third-order valence-corrected chi connectivity index (χ3v) is 7.43. The Balaban J connectivity index is 1.74. The number of sulfonamides is 1. The van der Waals surface area contributed by atoms with Gasteiger partial charge in [-0.05, 0) is 48.2 Å². The van der Waals surface area contributed by atoms with Gasteiger partial charge in [0.05, 0.1) is 10.6 Å². The minimum atomic E-state index is -3.70. The number of aromatic nitrogens is 1. The molecule has 0 bridgehead atoms. The van der Waals surface area contributed by atoms with Crippen LogP contribution in [-0.2, 0) is 10.0 Å². The number of halogens is 2. The van der Waals surface area contributed by atoms with E-state index in [1.165, 1.54) is 34.6 Å². The van der Waals surface area contributed by atoms with Crippen molar-refractivity contribution >= 4 is 32.4 Å². The number of rotatable bonds is 9. The molecule has 3 aromatic rings. The monoisotopic (exact) mass is 507 g/mol. The topological polar surface area (TPSA) is 79.4 Å². The number of amides is 1. The Labute approximate surface area is 202 Å². The van der Waals surface area contributed by atoms with Crippen LogP contribution >= 0.6 is 11.3 Å². The van der Waals surface area contributed by atoms with Crippen LogP contribution in [-0.4, -0.2) is 36.7 Å². The Morgan fingerprint density at radius 3 is 2.21 bits per heavy atom. The third-order valence-electron chi connectivity index (χ3n) is 4.82. The van der Waals surface area contributed by atoms with Crippen molar-refractivity contribution in [2.75, 3.05) is 18.4 Å². The van der Waals surface area contributed by atoms with Gasteiger partial charge in [0.25, 0.3) is 5.91 Å². The van der Waals surface area contributed by atoms with E-state index in [9.17, 15) is 22.0 Å². The molecule has 0 radical (unpaired) electrons. The van der Waals surface area contributed by atoms with Gasteiger partial charge >= 0.3 is 0 Å². The minimum absolute atomic E-state index is 0.119. The zero-order chi connectivity index (χ0) is 25.0. The molecule has 1 aromatic heterocycles. The highest BCUT2D eigenvalue weighted by Crippen LogP contribution is 2.28. The lowest BCUT2D eigenvalue weighted by Gasteiger charge is -2.25. The van der Waals surface area contributed by atoms with Gasteiger partial charge in [0.15, 0.2) is 5.13 Å². The molecule has 34 heavy (non-hydrogen) atoms. The first-order chi connectivity index (χ1) is 16.0. The molecular formula is C24H27F2N3O3S2. The number of carbonyl (C=O) groups is 1. The molecule has 0 aliphatic rings. The maximum atomic E-state index is 14.0. The van der Waals surface area contributed by atoms with Crippen LogP contribution in [0.1, 0.15) is 38.1 Å². The molecule has 0 aliphatic heterocycles. The molecule has 10 heteroatoms. The van der Waals surface area contributed by atoms with Crippen LogP contribution in [0.25, 0.3) is 11.3 Å². The van der Waals surface area contributed by atoms with Crippen LogP contribution in [0.15, 0.2) is 52.7 Å². The lowest BCUT2D eigenvalue weighted by Crippen LogP contribution is -2.37. The Bertz CT molecular complexity index is 1250. The molecule has 0 spiro atoms. The second-order valence-electron chi connectivity index (χ2n) is 8.75.